The van der Waals surface area contributed by atoms with Crippen molar-refractivity contribution in [2.24, 2.45) is 5.73 Å². The summed E-state index contributed by atoms with van der Waals surface area (Å²) < 4.78 is 9.80. The van der Waals surface area contributed by atoms with Gasteiger partial charge in [-0.2, -0.15) is 0 Å². The fraction of sp³-hybridized carbons (Fsp3) is 0.667. The Kier molecular flexibility index (Phi) is 9.90. The van der Waals surface area contributed by atoms with Gasteiger partial charge >= 0.3 is 0 Å². The number of rotatable bonds is 11. The maximum Gasteiger partial charge on any atom is 0.246 e. The van der Waals surface area contributed by atoms with Crippen molar-refractivity contribution < 1.29 is 19.1 Å². The third kappa shape index (κ3) is 8.72. The molecule has 0 aromatic carbocycles. The van der Waals surface area contributed by atoms with Crippen LogP contribution in [0, 0.1) is 0 Å². The highest BCUT2D eigenvalue weighted by Crippen LogP contribution is 2.01. The summed E-state index contributed by atoms with van der Waals surface area (Å²) in [6.45, 7) is 4.24. The maximum atomic E-state index is 11.4. The summed E-state index contributed by atoms with van der Waals surface area (Å²) >= 11 is 0. The third-order valence-electron chi connectivity index (χ3n) is 2.24. The molecule has 6 nitrogen and oxygen atoms in total. The number of primary amides is 1. The Bertz CT molecular complexity index is 269. The zero-order chi connectivity index (χ0) is 13.8. The highest BCUT2D eigenvalue weighted by molar-refractivity contribution is 5.86. The Morgan fingerprint density at radius 1 is 1.44 bits per heavy atom. The molecule has 0 aliphatic rings. The van der Waals surface area contributed by atoms with Gasteiger partial charge in [-0.25, -0.2) is 0 Å². The minimum Gasteiger partial charge on any atom is -0.382 e. The molecule has 0 spiro atoms. The van der Waals surface area contributed by atoms with Crippen LogP contribution < -0.4 is 11.1 Å². The lowest BCUT2D eigenvalue weighted by molar-refractivity contribution is -0.130. The summed E-state index contributed by atoms with van der Waals surface area (Å²) in [6.07, 6.45) is 3.80. The van der Waals surface area contributed by atoms with Gasteiger partial charge < -0.3 is 20.5 Å². The normalized spacial score (nSPS) is 11.8. The van der Waals surface area contributed by atoms with Crippen LogP contribution in [0.1, 0.15) is 19.3 Å². The van der Waals surface area contributed by atoms with Gasteiger partial charge in [0.2, 0.25) is 11.8 Å². The standard InChI is InChI=1S/C12H22N2O4/c1-3-4-5-6-10(12(13)16)14-11(15)9-18-8-7-17-2/h3,10H,1,4-9H2,2H3,(H2,13,16)(H,14,15)/t10-/m0/s1. The van der Waals surface area contributed by atoms with E-state index in [9.17, 15) is 9.59 Å². The topological polar surface area (TPSA) is 90.7 Å². The first-order chi connectivity index (χ1) is 8.61. The number of amides is 2. The molecule has 0 saturated carbocycles. The van der Waals surface area contributed by atoms with Crippen LogP contribution in [0.2, 0.25) is 0 Å². The second-order valence-corrected chi connectivity index (χ2v) is 3.79. The second kappa shape index (κ2) is 10.7. The Morgan fingerprint density at radius 3 is 2.72 bits per heavy atom. The van der Waals surface area contributed by atoms with Crippen molar-refractivity contribution in [3.63, 3.8) is 0 Å². The molecular weight excluding hydrogens is 236 g/mol. The summed E-state index contributed by atoms with van der Waals surface area (Å²) in [5, 5.41) is 2.54. The number of hydrogen-bond acceptors (Lipinski definition) is 4. The van der Waals surface area contributed by atoms with Crippen molar-refractivity contribution in [3.8, 4) is 0 Å². The predicted octanol–water partition coefficient (Wildman–Crippen LogP) is -0.0242. The molecule has 3 N–H and O–H groups in total. The van der Waals surface area contributed by atoms with E-state index < -0.39 is 11.9 Å². The molecule has 0 radical (unpaired) electrons. The van der Waals surface area contributed by atoms with E-state index in [-0.39, 0.29) is 12.5 Å². The van der Waals surface area contributed by atoms with E-state index in [2.05, 4.69) is 11.9 Å². The quantitative estimate of drug-likeness (QED) is 0.402. The van der Waals surface area contributed by atoms with Crippen LogP contribution in [-0.2, 0) is 19.1 Å². The Balaban J connectivity index is 3.88. The zero-order valence-electron chi connectivity index (χ0n) is 10.8. The molecule has 0 aliphatic heterocycles. The monoisotopic (exact) mass is 258 g/mol. The first kappa shape index (κ1) is 16.6. The third-order valence-corrected chi connectivity index (χ3v) is 2.24. The fourth-order valence-electron chi connectivity index (χ4n) is 1.29. The molecule has 0 heterocycles. The van der Waals surface area contributed by atoms with Crippen molar-refractivity contribution in [1.29, 1.82) is 0 Å². The van der Waals surface area contributed by atoms with Crippen molar-refractivity contribution in [3.05, 3.63) is 12.7 Å². The summed E-state index contributed by atoms with van der Waals surface area (Å²) in [6, 6.07) is -0.650. The van der Waals surface area contributed by atoms with Gasteiger partial charge in [-0.05, 0) is 19.3 Å². The Hall–Kier alpha value is -1.40. The molecule has 0 unspecified atom stereocenters. The van der Waals surface area contributed by atoms with Crippen LogP contribution in [0.4, 0.5) is 0 Å². The average Bonchev–Trinajstić information content (AvgIpc) is 2.33. The van der Waals surface area contributed by atoms with E-state index in [1.165, 1.54) is 0 Å². The smallest absolute Gasteiger partial charge is 0.246 e. The van der Waals surface area contributed by atoms with Crippen molar-refractivity contribution in [1.82, 2.24) is 5.32 Å². The van der Waals surface area contributed by atoms with Crippen LogP contribution in [0.5, 0.6) is 0 Å². The van der Waals surface area contributed by atoms with Gasteiger partial charge in [0.15, 0.2) is 0 Å². The van der Waals surface area contributed by atoms with Crippen LogP contribution >= 0.6 is 0 Å². The summed E-state index contributed by atoms with van der Waals surface area (Å²) in [5.74, 6) is -0.891. The largest absolute Gasteiger partial charge is 0.382 e. The van der Waals surface area contributed by atoms with Gasteiger partial charge in [0.25, 0.3) is 0 Å². The molecular formula is C12H22N2O4. The van der Waals surface area contributed by atoms with Gasteiger partial charge in [-0.15, -0.1) is 6.58 Å². The average molecular weight is 258 g/mol. The zero-order valence-corrected chi connectivity index (χ0v) is 10.8. The van der Waals surface area contributed by atoms with E-state index in [1.807, 2.05) is 0 Å². The molecule has 6 heteroatoms. The van der Waals surface area contributed by atoms with Crippen molar-refractivity contribution in [2.45, 2.75) is 25.3 Å². The first-order valence-electron chi connectivity index (χ1n) is 5.88. The lowest BCUT2D eigenvalue weighted by Gasteiger charge is -2.15. The lowest BCUT2D eigenvalue weighted by atomic mass is 10.1. The predicted molar refractivity (Wildman–Crippen MR) is 67.9 cm³/mol. The highest BCUT2D eigenvalue weighted by atomic mass is 16.5. The summed E-state index contributed by atoms with van der Waals surface area (Å²) in [5.41, 5.74) is 5.20. The Morgan fingerprint density at radius 2 is 2.17 bits per heavy atom. The van der Waals surface area contributed by atoms with E-state index in [0.717, 1.165) is 12.8 Å². The number of unbranched alkanes of at least 4 members (excludes halogenated alkanes) is 1. The van der Waals surface area contributed by atoms with Gasteiger partial charge in [0.1, 0.15) is 12.6 Å². The molecule has 0 saturated heterocycles. The van der Waals surface area contributed by atoms with Crippen molar-refractivity contribution >= 4 is 11.8 Å². The van der Waals surface area contributed by atoms with Crippen LogP contribution in [0.15, 0.2) is 12.7 Å². The van der Waals surface area contributed by atoms with E-state index in [4.69, 9.17) is 15.2 Å². The molecule has 104 valence electrons. The molecule has 0 rings (SSSR count). The van der Waals surface area contributed by atoms with Gasteiger partial charge in [-0.1, -0.05) is 6.08 Å². The van der Waals surface area contributed by atoms with E-state index >= 15 is 0 Å². The molecule has 18 heavy (non-hydrogen) atoms. The molecule has 0 aromatic rings. The highest BCUT2D eigenvalue weighted by Gasteiger charge is 2.17. The molecule has 0 aromatic heterocycles. The maximum absolute atomic E-state index is 11.4. The minimum absolute atomic E-state index is 0.103. The van der Waals surface area contributed by atoms with Crippen LogP contribution in [0.3, 0.4) is 0 Å². The molecule has 0 fully saturated rings. The number of allylic oxidation sites excluding steroid dienone is 1. The lowest BCUT2D eigenvalue weighted by Crippen LogP contribution is -2.45. The van der Waals surface area contributed by atoms with E-state index in [1.54, 1.807) is 13.2 Å². The van der Waals surface area contributed by atoms with E-state index in [0.29, 0.717) is 19.6 Å². The SMILES string of the molecule is C=CCCC[C@H](NC(=O)COCCOC)C(N)=O. The second-order valence-electron chi connectivity index (χ2n) is 3.79. The van der Waals surface area contributed by atoms with Gasteiger partial charge in [0, 0.05) is 7.11 Å². The molecule has 1 atom stereocenters. The number of carbonyl (C=O) groups excluding carboxylic acids is 2. The first-order valence-corrected chi connectivity index (χ1v) is 5.88. The fourth-order valence-corrected chi connectivity index (χ4v) is 1.29. The molecule has 2 amide bonds. The number of hydrogen-bond donors (Lipinski definition) is 2. The molecule has 0 bridgehead atoms. The van der Waals surface area contributed by atoms with Crippen molar-refractivity contribution in [2.75, 3.05) is 26.9 Å². The Labute approximate surface area is 108 Å². The van der Waals surface area contributed by atoms with Gasteiger partial charge in [-0.3, -0.25) is 9.59 Å². The van der Waals surface area contributed by atoms with Crippen LogP contribution in [0.25, 0.3) is 0 Å². The number of carbonyl (C=O) groups is 2. The summed E-state index contributed by atoms with van der Waals surface area (Å²) in [7, 11) is 1.55. The number of nitrogens with two attached hydrogens (primary N) is 1. The molecule has 0 aliphatic carbocycles. The van der Waals surface area contributed by atoms with Gasteiger partial charge in [0.05, 0.1) is 13.2 Å². The minimum atomic E-state index is -0.650. The number of ether oxygens (including phenoxy) is 2. The summed E-state index contributed by atoms with van der Waals surface area (Å²) in [4.78, 5) is 22.6. The number of nitrogens with one attached hydrogen (secondary N) is 1. The number of methoxy groups -OCH3 is 1. The van der Waals surface area contributed by atoms with Crippen LogP contribution in [-0.4, -0.2) is 44.8 Å².